The lowest BCUT2D eigenvalue weighted by Gasteiger charge is -2.22. The summed E-state index contributed by atoms with van der Waals surface area (Å²) in [6.07, 6.45) is 6.61. The molecular weight excluding hydrogens is 174 g/mol. The van der Waals surface area contributed by atoms with Crippen molar-refractivity contribution in [3.63, 3.8) is 0 Å². The van der Waals surface area contributed by atoms with E-state index in [0.29, 0.717) is 6.04 Å². The van der Waals surface area contributed by atoms with Crippen LogP contribution in [0.4, 0.5) is 0 Å². The van der Waals surface area contributed by atoms with E-state index in [1.807, 2.05) is 0 Å². The maximum absolute atomic E-state index is 5.73. The maximum Gasteiger partial charge on any atom is 0.0598 e. The quantitative estimate of drug-likeness (QED) is 0.754. The zero-order chi connectivity index (χ0) is 10.4. The normalized spacial score (nSPS) is 24.6. The van der Waals surface area contributed by atoms with Gasteiger partial charge in [-0.1, -0.05) is 12.8 Å². The Morgan fingerprint density at radius 3 is 2.71 bits per heavy atom. The first-order chi connectivity index (χ1) is 6.58. The second kappa shape index (κ2) is 5.72. The Bertz CT molecular complexity index is 143. The summed E-state index contributed by atoms with van der Waals surface area (Å²) in [5.74, 6) is 0. The molecule has 0 bridgehead atoms. The Morgan fingerprint density at radius 2 is 2.00 bits per heavy atom. The standard InChI is InChI=1S/C12H25NO/c1-12(2,3)14-10-8-11-7-5-4-6-9-13-11/h11,13H,4-10H2,1-3H3. The maximum atomic E-state index is 5.73. The van der Waals surface area contributed by atoms with Gasteiger partial charge in [0.15, 0.2) is 0 Å². The summed E-state index contributed by atoms with van der Waals surface area (Å²) in [4.78, 5) is 0. The third kappa shape index (κ3) is 5.61. The highest BCUT2D eigenvalue weighted by atomic mass is 16.5. The number of hydrogen-bond acceptors (Lipinski definition) is 2. The van der Waals surface area contributed by atoms with E-state index in [0.717, 1.165) is 13.0 Å². The number of hydrogen-bond donors (Lipinski definition) is 1. The van der Waals surface area contributed by atoms with Crippen LogP contribution in [0.1, 0.15) is 52.9 Å². The van der Waals surface area contributed by atoms with Crippen molar-refractivity contribution in [3.8, 4) is 0 Å². The van der Waals surface area contributed by atoms with Gasteiger partial charge in [-0.05, 0) is 46.6 Å². The third-order valence-electron chi connectivity index (χ3n) is 2.66. The van der Waals surface area contributed by atoms with E-state index >= 15 is 0 Å². The van der Waals surface area contributed by atoms with Crippen molar-refractivity contribution >= 4 is 0 Å². The number of nitrogens with one attached hydrogen (secondary N) is 1. The summed E-state index contributed by atoms with van der Waals surface area (Å²) >= 11 is 0. The topological polar surface area (TPSA) is 21.3 Å². The van der Waals surface area contributed by atoms with E-state index in [1.54, 1.807) is 0 Å². The van der Waals surface area contributed by atoms with Crippen LogP contribution in [0.3, 0.4) is 0 Å². The molecule has 2 nitrogen and oxygen atoms in total. The fourth-order valence-corrected chi connectivity index (χ4v) is 1.85. The first kappa shape index (κ1) is 12.0. The fraction of sp³-hybridized carbons (Fsp3) is 1.00. The summed E-state index contributed by atoms with van der Waals surface area (Å²) in [6.45, 7) is 8.44. The van der Waals surface area contributed by atoms with Crippen molar-refractivity contribution < 1.29 is 4.74 Å². The molecule has 2 heteroatoms. The minimum Gasteiger partial charge on any atom is -0.376 e. The minimum atomic E-state index is 0.0186. The fourth-order valence-electron chi connectivity index (χ4n) is 1.85. The molecule has 0 radical (unpaired) electrons. The predicted molar refractivity (Wildman–Crippen MR) is 60.6 cm³/mol. The molecule has 1 aliphatic heterocycles. The molecule has 0 aromatic heterocycles. The lowest BCUT2D eigenvalue weighted by atomic mass is 10.1. The summed E-state index contributed by atoms with van der Waals surface area (Å²) in [5, 5.41) is 3.59. The zero-order valence-corrected chi connectivity index (χ0v) is 9.94. The summed E-state index contributed by atoms with van der Waals surface area (Å²) in [5.41, 5.74) is 0.0186. The van der Waals surface area contributed by atoms with Gasteiger partial charge >= 0.3 is 0 Å². The van der Waals surface area contributed by atoms with Crippen LogP contribution in [0.25, 0.3) is 0 Å². The molecule has 0 spiro atoms. The Balaban J connectivity index is 2.10. The average Bonchev–Trinajstić information content (AvgIpc) is 2.30. The Kier molecular flexibility index (Phi) is 4.90. The van der Waals surface area contributed by atoms with Gasteiger partial charge in [0, 0.05) is 12.6 Å². The van der Waals surface area contributed by atoms with E-state index in [1.165, 1.54) is 32.2 Å². The van der Waals surface area contributed by atoms with Gasteiger partial charge in [0.25, 0.3) is 0 Å². The predicted octanol–water partition coefficient (Wildman–Crippen LogP) is 2.72. The van der Waals surface area contributed by atoms with Gasteiger partial charge in [-0.2, -0.15) is 0 Å². The lowest BCUT2D eigenvalue weighted by molar-refractivity contribution is -0.00727. The van der Waals surface area contributed by atoms with Crippen molar-refractivity contribution in [1.82, 2.24) is 5.32 Å². The van der Waals surface area contributed by atoms with Gasteiger partial charge in [0.1, 0.15) is 0 Å². The second-order valence-electron chi connectivity index (χ2n) is 5.25. The van der Waals surface area contributed by atoms with Crippen molar-refractivity contribution in [2.45, 2.75) is 64.5 Å². The largest absolute Gasteiger partial charge is 0.376 e. The minimum absolute atomic E-state index is 0.0186. The van der Waals surface area contributed by atoms with Gasteiger partial charge in [0.05, 0.1) is 5.60 Å². The molecule has 14 heavy (non-hydrogen) atoms. The van der Waals surface area contributed by atoms with Crippen LogP contribution in [-0.4, -0.2) is 24.8 Å². The third-order valence-corrected chi connectivity index (χ3v) is 2.66. The molecule has 1 aliphatic rings. The average molecular weight is 199 g/mol. The van der Waals surface area contributed by atoms with Crippen LogP contribution in [0.2, 0.25) is 0 Å². The molecule has 1 heterocycles. The lowest BCUT2D eigenvalue weighted by Crippen LogP contribution is -2.31. The van der Waals surface area contributed by atoms with E-state index < -0.39 is 0 Å². The molecule has 1 unspecified atom stereocenters. The molecule has 0 saturated carbocycles. The van der Waals surface area contributed by atoms with E-state index in [2.05, 4.69) is 26.1 Å². The highest BCUT2D eigenvalue weighted by Crippen LogP contribution is 2.13. The number of ether oxygens (including phenoxy) is 1. The van der Waals surface area contributed by atoms with Crippen LogP contribution in [0.15, 0.2) is 0 Å². The first-order valence-corrected chi connectivity index (χ1v) is 5.95. The molecule has 0 aliphatic carbocycles. The van der Waals surface area contributed by atoms with E-state index in [4.69, 9.17) is 4.74 Å². The summed E-state index contributed by atoms with van der Waals surface area (Å²) in [7, 11) is 0. The Hall–Kier alpha value is -0.0800. The number of rotatable bonds is 3. The van der Waals surface area contributed by atoms with Gasteiger partial charge in [-0.15, -0.1) is 0 Å². The van der Waals surface area contributed by atoms with Crippen LogP contribution < -0.4 is 5.32 Å². The van der Waals surface area contributed by atoms with Crippen molar-refractivity contribution in [2.75, 3.05) is 13.2 Å². The highest BCUT2D eigenvalue weighted by Gasteiger charge is 2.14. The molecular formula is C12H25NO. The molecule has 0 aromatic rings. The zero-order valence-electron chi connectivity index (χ0n) is 9.94. The van der Waals surface area contributed by atoms with Crippen molar-refractivity contribution in [3.05, 3.63) is 0 Å². The van der Waals surface area contributed by atoms with Gasteiger partial charge in [0.2, 0.25) is 0 Å². The van der Waals surface area contributed by atoms with Crippen molar-refractivity contribution in [1.29, 1.82) is 0 Å². The summed E-state index contributed by atoms with van der Waals surface area (Å²) in [6, 6.07) is 0.694. The molecule has 84 valence electrons. The molecule has 1 atom stereocenters. The van der Waals surface area contributed by atoms with Crippen LogP contribution in [-0.2, 0) is 4.74 Å². The highest BCUT2D eigenvalue weighted by molar-refractivity contribution is 4.71. The molecule has 1 rings (SSSR count). The summed E-state index contributed by atoms with van der Waals surface area (Å²) < 4.78 is 5.73. The first-order valence-electron chi connectivity index (χ1n) is 5.95. The molecule has 0 aromatic carbocycles. The smallest absolute Gasteiger partial charge is 0.0598 e. The molecule has 1 fully saturated rings. The monoisotopic (exact) mass is 199 g/mol. The molecule has 1 N–H and O–H groups in total. The van der Waals surface area contributed by atoms with Gasteiger partial charge < -0.3 is 10.1 Å². The SMILES string of the molecule is CC(C)(C)OCCC1CCCCCN1. The molecule has 1 saturated heterocycles. The van der Waals surface area contributed by atoms with E-state index in [-0.39, 0.29) is 5.60 Å². The Labute approximate surface area is 88.4 Å². The molecule has 0 amide bonds. The van der Waals surface area contributed by atoms with Crippen LogP contribution in [0.5, 0.6) is 0 Å². The van der Waals surface area contributed by atoms with Crippen molar-refractivity contribution in [2.24, 2.45) is 0 Å². The van der Waals surface area contributed by atoms with E-state index in [9.17, 15) is 0 Å². The second-order valence-corrected chi connectivity index (χ2v) is 5.25. The van der Waals surface area contributed by atoms with Gasteiger partial charge in [-0.3, -0.25) is 0 Å². The van der Waals surface area contributed by atoms with Gasteiger partial charge in [-0.25, -0.2) is 0 Å². The van der Waals surface area contributed by atoms with Crippen LogP contribution in [0, 0.1) is 0 Å². The Morgan fingerprint density at radius 1 is 1.21 bits per heavy atom. The van der Waals surface area contributed by atoms with Crippen LogP contribution >= 0.6 is 0 Å².